The number of nitrogens with one attached hydrogen (secondary N) is 3. The molecule has 0 saturated heterocycles. The number of ether oxygens (including phenoxy) is 5. The second kappa shape index (κ2) is 55.8. The lowest BCUT2D eigenvalue weighted by atomic mass is 9.80. The van der Waals surface area contributed by atoms with Gasteiger partial charge in [-0.3, -0.25) is 33.9 Å². The van der Waals surface area contributed by atoms with Gasteiger partial charge in [-0.15, -0.1) is 0 Å². The summed E-state index contributed by atoms with van der Waals surface area (Å²) in [6.45, 7) is 16.8. The minimum absolute atomic E-state index is 0.0116. The molecule has 586 valence electrons. The van der Waals surface area contributed by atoms with E-state index >= 15 is 0 Å². The second-order valence-corrected chi connectivity index (χ2v) is 26.7. The molecule has 0 aliphatic rings. The Balaban J connectivity index is 0.000000495. The van der Waals surface area contributed by atoms with Gasteiger partial charge >= 0.3 is 37.3 Å². The molecule has 6 aromatic carbocycles. The monoisotopic (exact) mass is 1660 g/mol. The molecule has 0 spiro atoms. The van der Waals surface area contributed by atoms with Gasteiger partial charge < -0.3 is 65.0 Å². The third-order valence-corrected chi connectivity index (χ3v) is 16.4. The number of methoxy groups -OCH3 is 1. The molecular weight excluding hydrogens is 1550 g/mol. The van der Waals surface area contributed by atoms with E-state index in [2.05, 4.69) is 50.2 Å². The first-order valence-electron chi connectivity index (χ1n) is 35.8. The standard InChI is InChI=1S/C26H33ClN2O6.C24H31ClN2O4.C18H27IN2O3.C6H6BClO3.C4H8O2/c1-3-5-12-28-24(30)17-29(26(33)34-13-6-4-2)16-19-8-7-9-20(14-19)22-15-21(27)10-11-23(22)35-18-25(31)32;1-3-5-12-26-23(29)17-27(24(30)31-13-6-4-2)16-18-8-7-9-19(14-18)21-15-20(25)10-11-22(21)28;1-3-5-10-20-17(22)14-21(18(23)24-11-6-4-2)13-15-8-7-9-16(19)12-15;8-4-1-2-6(9)5(3-4)7(10)11;1-3-4(5)6-2/h7-11,14-15H,3-6,12-13,16-18H2,1-2H3,(H,28,30)(H,31,32);7-11,14-15,28H,3-6,12-13,16-17H2,1-2H3,(H,26,29);7-9,12H,3-6,10-11,13-14H2,1-2H3,(H,20,22);1-3,9-11H;3H2,1-2H3. The molecule has 29 heteroatoms. The van der Waals surface area contributed by atoms with Crippen LogP contribution < -0.4 is 26.2 Å². The molecule has 0 atom stereocenters. The summed E-state index contributed by atoms with van der Waals surface area (Å²) < 4.78 is 26.8. The Hall–Kier alpha value is -8.54. The van der Waals surface area contributed by atoms with Gasteiger partial charge in [0.2, 0.25) is 17.7 Å². The molecular formula is C78H105BCl3IN6O18. The van der Waals surface area contributed by atoms with Gasteiger partial charge in [0.15, 0.2) is 6.61 Å². The van der Waals surface area contributed by atoms with Crippen molar-refractivity contribution < 1.29 is 87.4 Å². The molecule has 0 fully saturated rings. The van der Waals surface area contributed by atoms with Crippen molar-refractivity contribution in [2.75, 3.05) is 72.8 Å². The fourth-order valence-electron chi connectivity index (χ4n) is 9.22. The van der Waals surface area contributed by atoms with Crippen LogP contribution in [0.15, 0.2) is 127 Å². The maximum absolute atomic E-state index is 12.7. The molecule has 107 heavy (non-hydrogen) atoms. The molecule has 0 aliphatic heterocycles. The Morgan fingerprint density at radius 1 is 0.467 bits per heavy atom. The molecule has 6 rings (SSSR count). The fraction of sp³-hybridized carbons (Fsp3) is 0.436. The number of carboxylic acid groups (broad SMARTS) is 1. The number of carbonyl (C=O) groups excluding carboxylic acids is 7. The molecule has 6 amide bonds. The largest absolute Gasteiger partial charge is 0.508 e. The van der Waals surface area contributed by atoms with Crippen LogP contribution in [0.1, 0.15) is 149 Å². The third kappa shape index (κ3) is 40.8. The van der Waals surface area contributed by atoms with Gasteiger partial charge in [-0.25, -0.2) is 19.2 Å². The number of aromatic hydroxyl groups is 2. The van der Waals surface area contributed by atoms with Gasteiger partial charge in [0.05, 0.1) is 26.9 Å². The van der Waals surface area contributed by atoms with Crippen molar-refractivity contribution in [3.63, 3.8) is 0 Å². The third-order valence-electron chi connectivity index (χ3n) is 15.0. The number of esters is 1. The molecule has 6 aromatic rings. The van der Waals surface area contributed by atoms with Crippen molar-refractivity contribution in [1.29, 1.82) is 0 Å². The fourth-order valence-corrected chi connectivity index (χ4v) is 10.4. The molecule has 8 N–H and O–H groups in total. The van der Waals surface area contributed by atoms with Crippen LogP contribution in [0.2, 0.25) is 15.1 Å². The topological polar surface area (TPSA) is 330 Å². The van der Waals surface area contributed by atoms with Gasteiger partial charge in [0.25, 0.3) is 0 Å². The number of carboxylic acids is 1. The van der Waals surface area contributed by atoms with Crippen LogP contribution in [0.25, 0.3) is 22.3 Å². The Labute approximate surface area is 658 Å². The smallest absolute Gasteiger partial charge is 0.492 e. The highest BCUT2D eigenvalue weighted by atomic mass is 127. The van der Waals surface area contributed by atoms with Crippen LogP contribution in [-0.2, 0) is 62.6 Å². The SMILES string of the molecule is CCC(=O)OC.CCCCNC(=O)CN(Cc1cccc(-c2cc(Cl)ccc2O)c1)C(=O)OCCCC.CCCCNC(=O)CN(Cc1cccc(-c2cc(Cl)ccc2OCC(=O)O)c1)C(=O)OCCCC.CCCCNC(=O)CN(Cc1cccc(I)c1)C(=O)OCCCC.OB(O)c1cc(Cl)ccc1O. The molecule has 0 radical (unpaired) electrons. The summed E-state index contributed by atoms with van der Waals surface area (Å²) in [5.74, 6) is -1.55. The number of hydrogen-bond acceptors (Lipinski definition) is 17. The van der Waals surface area contributed by atoms with Crippen LogP contribution in [0.4, 0.5) is 14.4 Å². The van der Waals surface area contributed by atoms with Crippen molar-refractivity contribution in [3.05, 3.63) is 163 Å². The average Bonchev–Trinajstić information content (AvgIpc) is 0.825. The Bertz CT molecular complexity index is 3670. The number of unbranched alkanes of at least 4 members (excludes halogenated alkanes) is 6. The first-order valence-corrected chi connectivity index (χ1v) is 38.0. The normalized spacial score (nSPS) is 10.2. The average molecular weight is 1660 g/mol. The summed E-state index contributed by atoms with van der Waals surface area (Å²) in [6.07, 6.45) is 9.69. The Morgan fingerprint density at radius 3 is 1.21 bits per heavy atom. The van der Waals surface area contributed by atoms with Gasteiger partial charge in [-0.1, -0.05) is 170 Å². The van der Waals surface area contributed by atoms with Crippen molar-refractivity contribution in [2.45, 2.75) is 152 Å². The Morgan fingerprint density at radius 2 is 0.841 bits per heavy atom. The van der Waals surface area contributed by atoms with Crippen molar-refractivity contribution in [2.24, 2.45) is 0 Å². The molecule has 0 aliphatic carbocycles. The highest BCUT2D eigenvalue weighted by Crippen LogP contribution is 2.35. The number of carbonyl (C=O) groups is 8. The van der Waals surface area contributed by atoms with E-state index < -0.39 is 38.0 Å². The molecule has 24 nitrogen and oxygen atoms in total. The zero-order valence-corrected chi connectivity index (χ0v) is 66.9. The summed E-state index contributed by atoms with van der Waals surface area (Å²) >= 11 is 20.0. The lowest BCUT2D eigenvalue weighted by Gasteiger charge is -2.22. The van der Waals surface area contributed by atoms with E-state index in [0.717, 1.165) is 108 Å². The van der Waals surface area contributed by atoms with E-state index in [0.29, 0.717) is 77.8 Å². The number of rotatable bonds is 37. The van der Waals surface area contributed by atoms with Gasteiger partial charge in [0, 0.05) is 80.9 Å². The highest BCUT2D eigenvalue weighted by Gasteiger charge is 2.24. The van der Waals surface area contributed by atoms with E-state index in [9.17, 15) is 43.5 Å². The summed E-state index contributed by atoms with van der Waals surface area (Å²) in [7, 11) is -0.306. The number of aliphatic carboxylic acids is 1. The molecule has 0 saturated carbocycles. The maximum Gasteiger partial charge on any atom is 0.492 e. The lowest BCUT2D eigenvalue weighted by molar-refractivity contribution is -0.140. The molecule has 0 bridgehead atoms. The van der Waals surface area contributed by atoms with E-state index in [-0.39, 0.29) is 80.0 Å². The molecule has 0 heterocycles. The number of halogens is 4. The summed E-state index contributed by atoms with van der Waals surface area (Å²) in [5, 5.41) is 55.4. The maximum atomic E-state index is 12.7. The van der Waals surface area contributed by atoms with Gasteiger partial charge in [-0.2, -0.15) is 0 Å². The molecule has 0 unspecified atom stereocenters. The zero-order chi connectivity index (χ0) is 79.5. The first-order chi connectivity index (χ1) is 51.3. The van der Waals surface area contributed by atoms with E-state index in [1.165, 1.54) is 40.0 Å². The van der Waals surface area contributed by atoms with Crippen molar-refractivity contribution in [1.82, 2.24) is 30.7 Å². The van der Waals surface area contributed by atoms with Crippen LogP contribution in [0.5, 0.6) is 17.2 Å². The number of hydrogen-bond donors (Lipinski definition) is 8. The molecule has 0 aromatic heterocycles. The lowest BCUT2D eigenvalue weighted by Crippen LogP contribution is -2.41. The van der Waals surface area contributed by atoms with Crippen LogP contribution in [-0.4, -0.2) is 168 Å². The summed E-state index contributed by atoms with van der Waals surface area (Å²) in [5.41, 5.74) is 5.29. The highest BCUT2D eigenvalue weighted by molar-refractivity contribution is 14.1. The van der Waals surface area contributed by atoms with E-state index in [1.807, 2.05) is 107 Å². The van der Waals surface area contributed by atoms with Crippen LogP contribution in [0, 0.1) is 3.57 Å². The second-order valence-electron chi connectivity index (χ2n) is 24.1. The predicted octanol–water partition coefficient (Wildman–Crippen LogP) is 14.7. The number of phenolic OH excluding ortho intramolecular Hbond substituents is 2. The first kappa shape index (κ1) is 94.5. The van der Waals surface area contributed by atoms with Crippen molar-refractivity contribution >= 4 is 118 Å². The van der Waals surface area contributed by atoms with E-state index in [4.69, 9.17) is 74.0 Å². The van der Waals surface area contributed by atoms with Crippen LogP contribution in [0.3, 0.4) is 0 Å². The van der Waals surface area contributed by atoms with Gasteiger partial charge in [-0.05, 0) is 168 Å². The number of amides is 6. The van der Waals surface area contributed by atoms with Crippen LogP contribution >= 0.6 is 57.4 Å². The minimum atomic E-state index is -1.69. The van der Waals surface area contributed by atoms with Crippen molar-refractivity contribution in [3.8, 4) is 39.5 Å². The summed E-state index contributed by atoms with van der Waals surface area (Å²) in [4.78, 5) is 99.6. The zero-order valence-electron chi connectivity index (χ0n) is 62.5. The number of phenols is 2. The Kier molecular flexibility index (Phi) is 49.3. The minimum Gasteiger partial charge on any atom is -0.508 e. The quantitative estimate of drug-likeness (QED) is 0.00590. The number of nitrogens with zero attached hydrogens (tertiary/aromatic N) is 3. The predicted molar refractivity (Wildman–Crippen MR) is 427 cm³/mol. The summed E-state index contributed by atoms with van der Waals surface area (Å²) in [6, 6.07) is 36.5. The van der Waals surface area contributed by atoms with Gasteiger partial charge in [0.1, 0.15) is 36.9 Å². The number of benzene rings is 6. The van der Waals surface area contributed by atoms with E-state index in [1.54, 1.807) is 43.3 Å².